The lowest BCUT2D eigenvalue weighted by atomic mass is 10.0. The van der Waals surface area contributed by atoms with Crippen LogP contribution in [0.3, 0.4) is 0 Å². The van der Waals surface area contributed by atoms with Crippen molar-refractivity contribution in [2.75, 3.05) is 6.61 Å². The summed E-state index contributed by atoms with van der Waals surface area (Å²) < 4.78 is 10.9. The molecule has 0 spiro atoms. The van der Waals surface area contributed by atoms with Crippen molar-refractivity contribution in [1.82, 2.24) is 14.0 Å². The zero-order valence-corrected chi connectivity index (χ0v) is 21.4. The van der Waals surface area contributed by atoms with Gasteiger partial charge in [0, 0.05) is 22.7 Å². The van der Waals surface area contributed by atoms with Crippen LogP contribution in [-0.2, 0) is 6.54 Å². The van der Waals surface area contributed by atoms with Gasteiger partial charge >= 0.3 is 0 Å². The van der Waals surface area contributed by atoms with Gasteiger partial charge in [-0.3, -0.25) is 4.79 Å². The molecule has 0 fully saturated rings. The maximum absolute atomic E-state index is 13.3. The van der Waals surface area contributed by atoms with Crippen LogP contribution >= 0.6 is 11.3 Å². The monoisotopic (exact) mass is 493 g/mol. The van der Waals surface area contributed by atoms with Crippen LogP contribution in [0.15, 0.2) is 77.7 Å². The van der Waals surface area contributed by atoms with Crippen molar-refractivity contribution in [3.8, 4) is 5.75 Å². The molecule has 3 heterocycles. The van der Waals surface area contributed by atoms with Gasteiger partial charge in [-0.1, -0.05) is 67.6 Å². The number of para-hydroxylation sites is 3. The average Bonchev–Trinajstić information content (AvgIpc) is 3.50. The fourth-order valence-corrected chi connectivity index (χ4v) is 5.80. The maximum Gasteiger partial charge on any atom is 0.274 e. The van der Waals surface area contributed by atoms with E-state index in [1.807, 2.05) is 42.5 Å². The first-order valence-corrected chi connectivity index (χ1v) is 13.0. The summed E-state index contributed by atoms with van der Waals surface area (Å²) in [5.41, 5.74) is 6.24. The van der Waals surface area contributed by atoms with E-state index in [2.05, 4.69) is 66.9 Å². The molecule has 3 aromatic carbocycles. The van der Waals surface area contributed by atoms with Crippen molar-refractivity contribution < 1.29 is 4.74 Å². The first-order chi connectivity index (χ1) is 17.5. The van der Waals surface area contributed by atoms with Gasteiger partial charge < -0.3 is 9.30 Å². The zero-order chi connectivity index (χ0) is 24.8. The summed E-state index contributed by atoms with van der Waals surface area (Å²) in [6, 6.07) is 22.5. The Kier molecular flexibility index (Phi) is 5.61. The van der Waals surface area contributed by atoms with Gasteiger partial charge in [-0.25, -0.2) is 9.38 Å². The minimum Gasteiger partial charge on any atom is -0.491 e. The maximum atomic E-state index is 13.3. The molecule has 6 rings (SSSR count). The molecule has 0 bridgehead atoms. The summed E-state index contributed by atoms with van der Waals surface area (Å²) in [5, 5.41) is 1.12. The molecule has 0 saturated carbocycles. The molecule has 0 N–H and O–H groups in total. The molecular formula is C30H27N3O2S. The lowest BCUT2D eigenvalue weighted by Crippen LogP contribution is -2.22. The Bertz CT molecular complexity index is 1840. The summed E-state index contributed by atoms with van der Waals surface area (Å²) in [7, 11) is 0. The molecule has 0 atom stereocenters. The van der Waals surface area contributed by atoms with Gasteiger partial charge in [0.15, 0.2) is 4.96 Å². The molecule has 0 aliphatic heterocycles. The lowest BCUT2D eigenvalue weighted by molar-refractivity contribution is 0.296. The van der Waals surface area contributed by atoms with Crippen molar-refractivity contribution in [2.45, 2.75) is 33.2 Å². The highest BCUT2D eigenvalue weighted by Gasteiger charge is 2.13. The molecule has 0 aliphatic carbocycles. The Morgan fingerprint density at radius 3 is 2.64 bits per heavy atom. The normalized spacial score (nSPS) is 12.5. The fraction of sp³-hybridized carbons (Fsp3) is 0.200. The summed E-state index contributed by atoms with van der Waals surface area (Å²) >= 11 is 1.43. The molecule has 3 aromatic heterocycles. The number of imidazole rings is 1. The highest BCUT2D eigenvalue weighted by atomic mass is 32.1. The summed E-state index contributed by atoms with van der Waals surface area (Å²) in [6.45, 7) is 7.74. The molecule has 0 unspecified atom stereocenters. The van der Waals surface area contributed by atoms with E-state index in [0.29, 0.717) is 23.6 Å². The second-order valence-corrected chi connectivity index (χ2v) is 10.5. The van der Waals surface area contributed by atoms with Gasteiger partial charge in [0.25, 0.3) is 5.56 Å². The number of hydrogen-bond donors (Lipinski definition) is 0. The van der Waals surface area contributed by atoms with Crippen LogP contribution in [-0.4, -0.2) is 20.6 Å². The molecule has 0 aliphatic rings. The fourth-order valence-electron chi connectivity index (χ4n) is 4.83. The van der Waals surface area contributed by atoms with Gasteiger partial charge in [0.05, 0.1) is 22.1 Å². The zero-order valence-electron chi connectivity index (χ0n) is 20.6. The Balaban J connectivity index is 1.35. The predicted molar refractivity (Wildman–Crippen MR) is 148 cm³/mol. The number of nitrogens with zero attached hydrogens (tertiary/aromatic N) is 3. The van der Waals surface area contributed by atoms with E-state index in [9.17, 15) is 4.79 Å². The van der Waals surface area contributed by atoms with Crippen LogP contribution < -0.4 is 14.8 Å². The van der Waals surface area contributed by atoms with Crippen LogP contribution in [0.5, 0.6) is 5.75 Å². The van der Waals surface area contributed by atoms with E-state index >= 15 is 0 Å². The van der Waals surface area contributed by atoms with E-state index in [0.717, 1.165) is 38.2 Å². The first-order valence-electron chi connectivity index (χ1n) is 12.2. The van der Waals surface area contributed by atoms with Crippen LogP contribution in [0.4, 0.5) is 0 Å². The number of thiazole rings is 1. The minimum atomic E-state index is -0.0236. The third kappa shape index (κ3) is 3.88. The van der Waals surface area contributed by atoms with Crippen molar-refractivity contribution in [3.05, 3.63) is 105 Å². The Hall–Kier alpha value is -3.90. The van der Waals surface area contributed by atoms with Crippen LogP contribution in [0.1, 0.15) is 36.5 Å². The standard InChI is InChI=1S/C30H27N3O2S/c1-19(2)22-13-12-20(3)16-27(22)35-15-14-32-18-21(23-8-4-6-10-25(23)32)17-28-29(34)33-26-11-7-5-9-24(26)31-30(33)36-28/h4-13,16-19H,14-15H2,1-3H3/b28-17-. The molecule has 180 valence electrons. The number of hydrogen-bond acceptors (Lipinski definition) is 4. The van der Waals surface area contributed by atoms with Gasteiger partial charge in [0.1, 0.15) is 12.4 Å². The summed E-state index contributed by atoms with van der Waals surface area (Å²) in [4.78, 5) is 18.6. The van der Waals surface area contributed by atoms with Crippen molar-refractivity contribution in [2.24, 2.45) is 0 Å². The molecule has 0 saturated heterocycles. The van der Waals surface area contributed by atoms with E-state index < -0.39 is 0 Å². The quantitative estimate of drug-likeness (QED) is 0.289. The lowest BCUT2D eigenvalue weighted by Gasteiger charge is -2.15. The smallest absolute Gasteiger partial charge is 0.274 e. The molecule has 36 heavy (non-hydrogen) atoms. The molecule has 0 amide bonds. The third-order valence-electron chi connectivity index (χ3n) is 6.63. The summed E-state index contributed by atoms with van der Waals surface area (Å²) in [6.07, 6.45) is 4.11. The number of fused-ring (bicyclic) bond motifs is 4. The van der Waals surface area contributed by atoms with Crippen molar-refractivity contribution >= 4 is 44.3 Å². The minimum absolute atomic E-state index is 0.0236. The third-order valence-corrected chi connectivity index (χ3v) is 7.60. The van der Waals surface area contributed by atoms with E-state index in [1.54, 1.807) is 4.40 Å². The van der Waals surface area contributed by atoms with Crippen LogP contribution in [0, 0.1) is 6.92 Å². The van der Waals surface area contributed by atoms with Gasteiger partial charge in [-0.05, 0) is 54.3 Å². The second-order valence-electron chi connectivity index (χ2n) is 9.47. The topological polar surface area (TPSA) is 48.5 Å². The molecule has 0 radical (unpaired) electrons. The van der Waals surface area contributed by atoms with E-state index in [1.165, 1.54) is 22.5 Å². The van der Waals surface area contributed by atoms with Crippen molar-refractivity contribution in [1.29, 1.82) is 0 Å². The Morgan fingerprint density at radius 2 is 1.81 bits per heavy atom. The Morgan fingerprint density at radius 1 is 1.03 bits per heavy atom. The highest BCUT2D eigenvalue weighted by molar-refractivity contribution is 7.15. The first kappa shape index (κ1) is 22.6. The van der Waals surface area contributed by atoms with Gasteiger partial charge in [-0.2, -0.15) is 0 Å². The Labute approximate surface area is 212 Å². The van der Waals surface area contributed by atoms with E-state index in [4.69, 9.17) is 4.74 Å². The number of aryl methyl sites for hydroxylation is 1. The summed E-state index contributed by atoms with van der Waals surface area (Å²) in [5.74, 6) is 1.36. The van der Waals surface area contributed by atoms with Crippen LogP contribution in [0.2, 0.25) is 0 Å². The molecule has 6 aromatic rings. The van der Waals surface area contributed by atoms with Crippen LogP contribution in [0.25, 0.3) is 33.0 Å². The van der Waals surface area contributed by atoms with Crippen molar-refractivity contribution in [3.63, 3.8) is 0 Å². The van der Waals surface area contributed by atoms with Gasteiger partial charge in [0.2, 0.25) is 0 Å². The highest BCUT2D eigenvalue weighted by Crippen LogP contribution is 2.28. The number of ether oxygens (including phenoxy) is 1. The van der Waals surface area contributed by atoms with E-state index in [-0.39, 0.29) is 5.56 Å². The average molecular weight is 494 g/mol. The molecule has 6 heteroatoms. The number of benzene rings is 3. The number of rotatable bonds is 6. The molecule has 5 nitrogen and oxygen atoms in total. The largest absolute Gasteiger partial charge is 0.491 e. The SMILES string of the molecule is Cc1ccc(C(C)C)c(OCCn2cc(/C=c3\sc4nc5ccccc5n4c3=O)c3ccccc32)c1. The number of aromatic nitrogens is 3. The van der Waals surface area contributed by atoms with Gasteiger partial charge in [-0.15, -0.1) is 0 Å². The predicted octanol–water partition coefficient (Wildman–Crippen LogP) is 5.92. The second kappa shape index (κ2) is 8.95. The molecular weight excluding hydrogens is 466 g/mol.